The van der Waals surface area contributed by atoms with Gasteiger partial charge in [-0.1, -0.05) is 121 Å². The molecule has 1 aliphatic rings. The van der Waals surface area contributed by atoms with Gasteiger partial charge in [0.25, 0.3) is 5.79 Å². The second-order valence-electron chi connectivity index (χ2n) is 20.1. The Morgan fingerprint density at radius 2 is 0.809 bits per heavy atom. The van der Waals surface area contributed by atoms with Crippen LogP contribution in [0.15, 0.2) is 180 Å². The Bertz CT molecular complexity index is 2660. The standard InChI is InChI=1S/C60H70N6O2/c1-65(2,3)43-23-7-9-25-45-67-53-39-35-51(36-40-53)59-61-57(49-31-19-13-20-32-49)58(50-33-21-14-22-34-50)64(59)60(52-37-41-54(42-38-52)68-46-26-10-8-24-44-66(4,5)6)62-55(47-27-15-11-16-28-47)56(63-60)48-29-17-12-18-30-48/h11-22,27-42H,7-10,23-26,43-46H2,1-6H3/q+2. The van der Waals surface area contributed by atoms with Crippen LogP contribution in [0.25, 0.3) is 33.9 Å². The molecule has 0 radical (unpaired) electrons. The number of hydrogen-bond donors (Lipinski definition) is 0. The van der Waals surface area contributed by atoms with Crippen LogP contribution >= 0.6 is 0 Å². The van der Waals surface area contributed by atoms with Crippen molar-refractivity contribution in [2.45, 2.75) is 57.2 Å². The molecule has 0 spiro atoms. The van der Waals surface area contributed by atoms with E-state index >= 15 is 0 Å². The number of rotatable bonds is 23. The molecule has 8 heteroatoms. The molecule has 350 valence electrons. The van der Waals surface area contributed by atoms with Gasteiger partial charge in [0.2, 0.25) is 0 Å². The third-order valence-corrected chi connectivity index (χ3v) is 12.5. The first-order valence-corrected chi connectivity index (χ1v) is 24.6. The van der Waals surface area contributed by atoms with E-state index in [1.54, 1.807) is 0 Å². The highest BCUT2D eigenvalue weighted by Gasteiger charge is 2.45. The lowest BCUT2D eigenvalue weighted by atomic mass is 10.0. The smallest absolute Gasteiger partial charge is 0.261 e. The summed E-state index contributed by atoms with van der Waals surface area (Å²) in [6.45, 7) is 3.72. The number of aliphatic imine (C=N–C) groups is 2. The maximum Gasteiger partial charge on any atom is 0.261 e. The lowest BCUT2D eigenvalue weighted by Crippen LogP contribution is -2.35. The van der Waals surface area contributed by atoms with E-state index in [4.69, 9.17) is 24.4 Å². The van der Waals surface area contributed by atoms with Gasteiger partial charge in [-0.25, -0.2) is 15.0 Å². The Balaban J connectivity index is 1.25. The molecule has 8 nitrogen and oxygen atoms in total. The van der Waals surface area contributed by atoms with Gasteiger partial charge in [-0.05, 0) is 99.9 Å². The molecule has 0 fully saturated rings. The van der Waals surface area contributed by atoms with Crippen LogP contribution in [-0.4, -0.2) is 98.5 Å². The Morgan fingerprint density at radius 3 is 1.25 bits per heavy atom. The van der Waals surface area contributed by atoms with Crippen molar-refractivity contribution in [3.8, 4) is 45.4 Å². The normalized spacial score (nSPS) is 13.6. The van der Waals surface area contributed by atoms with Gasteiger partial charge in [0.1, 0.15) is 17.3 Å². The van der Waals surface area contributed by atoms with Crippen LogP contribution in [0.2, 0.25) is 0 Å². The van der Waals surface area contributed by atoms with Crippen molar-refractivity contribution >= 4 is 11.4 Å². The lowest BCUT2D eigenvalue weighted by molar-refractivity contribution is -0.870. The second-order valence-corrected chi connectivity index (χ2v) is 20.1. The van der Waals surface area contributed by atoms with Crippen LogP contribution in [0.3, 0.4) is 0 Å². The molecule has 0 atom stereocenters. The first-order valence-electron chi connectivity index (χ1n) is 24.6. The zero-order chi connectivity index (χ0) is 47.4. The van der Waals surface area contributed by atoms with E-state index in [0.29, 0.717) is 13.2 Å². The Kier molecular flexibility index (Phi) is 15.5. The molecular formula is C60H70N6O2+2. The highest BCUT2D eigenvalue weighted by Crippen LogP contribution is 2.47. The van der Waals surface area contributed by atoms with Gasteiger partial charge in [0.05, 0.1) is 91.4 Å². The highest BCUT2D eigenvalue weighted by atomic mass is 16.5. The average molecular weight is 907 g/mol. The van der Waals surface area contributed by atoms with E-state index < -0.39 is 5.79 Å². The Hall–Kier alpha value is -6.61. The predicted molar refractivity (Wildman–Crippen MR) is 282 cm³/mol. The molecular weight excluding hydrogens is 837 g/mol. The zero-order valence-electron chi connectivity index (χ0n) is 41.2. The second kappa shape index (κ2) is 22.0. The minimum Gasteiger partial charge on any atom is -0.494 e. The molecule has 0 unspecified atom stereocenters. The topological polar surface area (TPSA) is 61.0 Å². The van der Waals surface area contributed by atoms with Gasteiger partial charge in [0.15, 0.2) is 0 Å². The number of aromatic nitrogens is 2. The van der Waals surface area contributed by atoms with Crippen LogP contribution in [0.1, 0.15) is 68.1 Å². The van der Waals surface area contributed by atoms with Crippen molar-refractivity contribution < 1.29 is 18.4 Å². The van der Waals surface area contributed by atoms with Crippen molar-refractivity contribution in [1.29, 1.82) is 0 Å². The zero-order valence-corrected chi connectivity index (χ0v) is 41.2. The summed E-state index contributed by atoms with van der Waals surface area (Å²) in [4.78, 5) is 17.4. The van der Waals surface area contributed by atoms with E-state index in [-0.39, 0.29) is 0 Å². The summed E-state index contributed by atoms with van der Waals surface area (Å²) in [5, 5.41) is 0. The Morgan fingerprint density at radius 1 is 0.412 bits per heavy atom. The number of imidazole rings is 1. The first kappa shape index (κ1) is 47.9. The van der Waals surface area contributed by atoms with E-state index in [1.807, 2.05) is 12.1 Å². The van der Waals surface area contributed by atoms with Gasteiger partial charge in [-0.15, -0.1) is 0 Å². The van der Waals surface area contributed by atoms with Crippen molar-refractivity contribution in [1.82, 2.24) is 9.55 Å². The third-order valence-electron chi connectivity index (χ3n) is 12.5. The van der Waals surface area contributed by atoms with E-state index in [1.165, 1.54) is 38.8 Å². The number of quaternary nitrogens is 2. The molecule has 6 aromatic carbocycles. The molecule has 1 aromatic heterocycles. The largest absolute Gasteiger partial charge is 0.494 e. The van der Waals surface area contributed by atoms with Gasteiger partial charge in [0, 0.05) is 33.4 Å². The molecule has 2 heterocycles. The summed E-state index contributed by atoms with van der Waals surface area (Å²) in [6.07, 6.45) is 9.22. The van der Waals surface area contributed by atoms with Crippen molar-refractivity contribution in [2.75, 3.05) is 68.6 Å². The van der Waals surface area contributed by atoms with Gasteiger partial charge < -0.3 is 18.4 Å². The summed E-state index contributed by atoms with van der Waals surface area (Å²) in [5.74, 6) is 1.08. The fourth-order valence-electron chi connectivity index (χ4n) is 8.91. The SMILES string of the molecule is C[N+](C)(C)CCCCCCOc1ccc(-c2nc(-c3ccccc3)c(-c3ccccc3)n2C2(c3ccc(OCCCCCC[N+](C)(C)C)cc3)N=C(c3ccccc3)C(c3ccccc3)=N2)cc1. The monoisotopic (exact) mass is 907 g/mol. The number of ether oxygens (including phenoxy) is 2. The van der Waals surface area contributed by atoms with Crippen LogP contribution < -0.4 is 9.47 Å². The first-order chi connectivity index (χ1) is 33.0. The molecule has 0 N–H and O–H groups in total. The van der Waals surface area contributed by atoms with Crippen LogP contribution in [-0.2, 0) is 5.79 Å². The summed E-state index contributed by atoms with van der Waals surface area (Å²) < 4.78 is 17.0. The predicted octanol–water partition coefficient (Wildman–Crippen LogP) is 12.8. The van der Waals surface area contributed by atoms with Crippen LogP contribution in [0.4, 0.5) is 0 Å². The lowest BCUT2D eigenvalue weighted by Gasteiger charge is -2.30. The summed E-state index contributed by atoms with van der Waals surface area (Å²) in [6, 6.07) is 58.7. The van der Waals surface area contributed by atoms with Crippen LogP contribution in [0, 0.1) is 0 Å². The van der Waals surface area contributed by atoms with Gasteiger partial charge >= 0.3 is 0 Å². The third kappa shape index (κ3) is 12.1. The molecule has 0 amide bonds. The number of benzene rings is 6. The molecule has 0 bridgehead atoms. The summed E-state index contributed by atoms with van der Waals surface area (Å²) >= 11 is 0. The van der Waals surface area contributed by atoms with Crippen molar-refractivity contribution in [3.63, 3.8) is 0 Å². The van der Waals surface area contributed by atoms with E-state index in [0.717, 1.165) is 108 Å². The maximum absolute atomic E-state index is 6.41. The number of unbranched alkanes of at least 4 members (excludes halogenated alkanes) is 6. The van der Waals surface area contributed by atoms with Crippen molar-refractivity contribution in [3.05, 3.63) is 187 Å². The molecule has 7 aromatic rings. The maximum atomic E-state index is 6.41. The van der Waals surface area contributed by atoms with Crippen molar-refractivity contribution in [2.24, 2.45) is 9.98 Å². The molecule has 68 heavy (non-hydrogen) atoms. The molecule has 0 aliphatic carbocycles. The van der Waals surface area contributed by atoms with E-state index in [9.17, 15) is 0 Å². The highest BCUT2D eigenvalue weighted by molar-refractivity contribution is 6.54. The van der Waals surface area contributed by atoms with E-state index in [2.05, 4.69) is 205 Å². The quantitative estimate of drug-likeness (QED) is 0.0475. The number of hydrogen-bond acceptors (Lipinski definition) is 5. The molecule has 0 saturated carbocycles. The van der Waals surface area contributed by atoms with Crippen LogP contribution in [0.5, 0.6) is 11.5 Å². The van der Waals surface area contributed by atoms with Gasteiger partial charge in [-0.2, -0.15) is 0 Å². The molecule has 1 aliphatic heterocycles. The summed E-state index contributed by atoms with van der Waals surface area (Å²) in [7, 11) is 13.5. The summed E-state index contributed by atoms with van der Waals surface area (Å²) in [5.41, 5.74) is 9.17. The van der Waals surface area contributed by atoms with Gasteiger partial charge in [-0.3, -0.25) is 4.57 Å². The number of nitrogens with zero attached hydrogens (tertiary/aromatic N) is 6. The minimum absolute atomic E-state index is 0.669. The molecule has 0 saturated heterocycles. The average Bonchev–Trinajstić information content (AvgIpc) is 3.96. The fourth-order valence-corrected chi connectivity index (χ4v) is 8.91. The minimum atomic E-state index is -1.33. The fraction of sp³-hybridized carbons (Fsp3) is 0.317. The molecule has 8 rings (SSSR count). The Labute approximate surface area is 405 Å².